The monoisotopic (exact) mass is 289 g/mol. The maximum atomic E-state index is 4.91. The van der Waals surface area contributed by atoms with Crippen LogP contribution >= 0.6 is 0 Å². The average molecular weight is 289 g/mol. The average Bonchev–Trinajstić information content (AvgIpc) is 2.76. The lowest BCUT2D eigenvalue weighted by Gasteiger charge is -2.23. The Morgan fingerprint density at radius 3 is 2.48 bits per heavy atom. The summed E-state index contributed by atoms with van der Waals surface area (Å²) >= 11 is 0. The van der Waals surface area contributed by atoms with Crippen molar-refractivity contribution in [3.8, 4) is 0 Å². The maximum absolute atomic E-state index is 4.91. The normalized spacial score (nSPS) is 18.0. The molecule has 1 aliphatic rings. The fraction of sp³-hybridized carbons (Fsp3) is 0.722. The fourth-order valence-electron chi connectivity index (χ4n) is 2.78. The van der Waals surface area contributed by atoms with Crippen LogP contribution in [0.1, 0.15) is 65.1 Å². The molecule has 1 N–H and O–H groups in total. The van der Waals surface area contributed by atoms with Gasteiger partial charge in [0.2, 0.25) is 0 Å². The van der Waals surface area contributed by atoms with Gasteiger partial charge in [-0.15, -0.1) is 0 Å². The van der Waals surface area contributed by atoms with Gasteiger partial charge in [-0.05, 0) is 35.4 Å². The Hall–Kier alpha value is -1.09. The fourth-order valence-corrected chi connectivity index (χ4v) is 2.78. The van der Waals surface area contributed by atoms with Crippen LogP contribution in [0.5, 0.6) is 0 Å². The van der Waals surface area contributed by atoms with Gasteiger partial charge in [0.05, 0.1) is 0 Å². The molecule has 21 heavy (non-hydrogen) atoms. The lowest BCUT2D eigenvalue weighted by Crippen LogP contribution is -2.25. The highest BCUT2D eigenvalue weighted by molar-refractivity contribution is 5.44. The second-order valence-corrected chi connectivity index (χ2v) is 7.78. The Balaban J connectivity index is 2.23. The predicted molar refractivity (Wildman–Crippen MR) is 90.9 cm³/mol. The maximum Gasteiger partial charge on any atom is 0.129 e. The van der Waals surface area contributed by atoms with E-state index in [9.17, 15) is 0 Å². The zero-order valence-corrected chi connectivity index (χ0v) is 14.5. The highest BCUT2D eigenvalue weighted by Gasteiger charge is 2.30. The first-order valence-corrected chi connectivity index (χ1v) is 8.26. The van der Waals surface area contributed by atoms with E-state index >= 15 is 0 Å². The summed E-state index contributed by atoms with van der Waals surface area (Å²) in [4.78, 5) is 7.35. The van der Waals surface area contributed by atoms with Gasteiger partial charge >= 0.3 is 0 Å². The molecular formula is C18H31N3. The topological polar surface area (TPSA) is 28.2 Å². The molecule has 0 amide bonds. The Kier molecular flexibility index (Phi) is 4.92. The minimum absolute atomic E-state index is 0.409. The third-order valence-corrected chi connectivity index (χ3v) is 4.20. The molecule has 0 saturated carbocycles. The number of rotatable bonds is 5. The smallest absolute Gasteiger partial charge is 0.129 e. The minimum atomic E-state index is 0.409. The van der Waals surface area contributed by atoms with E-state index in [-0.39, 0.29) is 0 Å². The molecule has 3 nitrogen and oxygen atoms in total. The Morgan fingerprint density at radius 2 is 1.95 bits per heavy atom. The van der Waals surface area contributed by atoms with Crippen molar-refractivity contribution in [3.63, 3.8) is 0 Å². The molecule has 0 spiro atoms. The zero-order chi connectivity index (χ0) is 15.6. The summed E-state index contributed by atoms with van der Waals surface area (Å²) < 4.78 is 0. The molecule has 118 valence electrons. The van der Waals surface area contributed by atoms with Crippen molar-refractivity contribution < 1.29 is 0 Å². The minimum Gasteiger partial charge on any atom is -0.356 e. The summed E-state index contributed by atoms with van der Waals surface area (Å²) in [5.74, 6) is 1.63. The van der Waals surface area contributed by atoms with E-state index in [4.69, 9.17) is 4.98 Å². The molecule has 2 heterocycles. The van der Waals surface area contributed by atoms with Gasteiger partial charge in [-0.2, -0.15) is 0 Å². The van der Waals surface area contributed by atoms with Crippen molar-refractivity contribution in [2.45, 2.75) is 66.5 Å². The predicted octanol–water partition coefficient (Wildman–Crippen LogP) is 3.94. The standard InChI is InChI=1S/C18H31N3/c1-13(2)16-9-15(11-19-14(3)4)10-17(20-16)21-8-7-18(5,6)12-21/h9-10,13-14,19H,7-8,11-12H2,1-6H3. The van der Waals surface area contributed by atoms with E-state index in [0.717, 1.165) is 25.5 Å². The summed E-state index contributed by atoms with van der Waals surface area (Å²) in [6.45, 7) is 16.7. The van der Waals surface area contributed by atoms with Gasteiger partial charge in [0.25, 0.3) is 0 Å². The van der Waals surface area contributed by atoms with Crippen LogP contribution in [0.3, 0.4) is 0 Å². The van der Waals surface area contributed by atoms with Crippen LogP contribution in [0, 0.1) is 5.41 Å². The number of hydrogen-bond acceptors (Lipinski definition) is 3. The Morgan fingerprint density at radius 1 is 1.24 bits per heavy atom. The molecule has 0 unspecified atom stereocenters. The Bertz CT molecular complexity index is 477. The van der Waals surface area contributed by atoms with Crippen molar-refractivity contribution in [1.29, 1.82) is 0 Å². The van der Waals surface area contributed by atoms with Gasteiger partial charge in [0.1, 0.15) is 5.82 Å². The van der Waals surface area contributed by atoms with E-state index in [1.807, 2.05) is 0 Å². The molecule has 0 atom stereocenters. The number of pyridine rings is 1. The zero-order valence-electron chi connectivity index (χ0n) is 14.5. The highest BCUT2D eigenvalue weighted by Crippen LogP contribution is 2.32. The van der Waals surface area contributed by atoms with Crippen molar-refractivity contribution in [3.05, 3.63) is 23.4 Å². The van der Waals surface area contributed by atoms with Crippen LogP contribution < -0.4 is 10.2 Å². The summed E-state index contributed by atoms with van der Waals surface area (Å²) in [7, 11) is 0. The summed E-state index contributed by atoms with van der Waals surface area (Å²) in [6.07, 6.45) is 1.25. The molecule has 0 bridgehead atoms. The first kappa shape index (κ1) is 16.3. The van der Waals surface area contributed by atoms with Crippen molar-refractivity contribution in [2.24, 2.45) is 5.41 Å². The number of hydrogen-bond donors (Lipinski definition) is 1. The first-order chi connectivity index (χ1) is 9.77. The lowest BCUT2D eigenvalue weighted by atomic mass is 9.93. The van der Waals surface area contributed by atoms with Gasteiger partial charge in [-0.3, -0.25) is 0 Å². The lowest BCUT2D eigenvalue weighted by molar-refractivity contribution is 0.418. The number of nitrogens with one attached hydrogen (secondary N) is 1. The molecule has 0 aliphatic carbocycles. The third kappa shape index (κ3) is 4.44. The molecule has 3 heteroatoms. The molecule has 0 radical (unpaired) electrons. The second kappa shape index (κ2) is 6.35. The van der Waals surface area contributed by atoms with Crippen molar-refractivity contribution in [2.75, 3.05) is 18.0 Å². The summed E-state index contributed by atoms with van der Waals surface area (Å²) in [5, 5.41) is 3.52. The molecule has 1 aliphatic heterocycles. The summed E-state index contributed by atoms with van der Waals surface area (Å²) in [6, 6.07) is 5.03. The highest BCUT2D eigenvalue weighted by atomic mass is 15.2. The van der Waals surface area contributed by atoms with Crippen LogP contribution in [0.15, 0.2) is 12.1 Å². The second-order valence-electron chi connectivity index (χ2n) is 7.78. The van der Waals surface area contributed by atoms with Crippen LogP contribution in [0.2, 0.25) is 0 Å². The molecule has 1 aromatic rings. The van der Waals surface area contributed by atoms with E-state index in [1.165, 1.54) is 17.7 Å². The summed E-state index contributed by atoms with van der Waals surface area (Å²) in [5.41, 5.74) is 2.96. The van der Waals surface area contributed by atoms with Gasteiger partial charge in [-0.1, -0.05) is 41.5 Å². The van der Waals surface area contributed by atoms with E-state index < -0.39 is 0 Å². The Labute approximate surface area is 130 Å². The SMILES string of the molecule is CC(C)NCc1cc(C(C)C)nc(N2CCC(C)(C)C2)c1. The van der Waals surface area contributed by atoms with Crippen molar-refractivity contribution in [1.82, 2.24) is 10.3 Å². The van der Waals surface area contributed by atoms with E-state index in [2.05, 4.69) is 63.9 Å². The van der Waals surface area contributed by atoms with Crippen LogP contribution in [0.4, 0.5) is 5.82 Å². The molecule has 2 rings (SSSR count). The molecule has 1 fully saturated rings. The van der Waals surface area contributed by atoms with Crippen LogP contribution in [-0.4, -0.2) is 24.1 Å². The number of anilines is 1. The largest absolute Gasteiger partial charge is 0.356 e. The van der Waals surface area contributed by atoms with Crippen molar-refractivity contribution >= 4 is 5.82 Å². The van der Waals surface area contributed by atoms with Crippen LogP contribution in [0.25, 0.3) is 0 Å². The molecular weight excluding hydrogens is 258 g/mol. The number of aromatic nitrogens is 1. The first-order valence-electron chi connectivity index (χ1n) is 8.26. The third-order valence-electron chi connectivity index (χ3n) is 4.20. The van der Waals surface area contributed by atoms with Gasteiger partial charge in [0.15, 0.2) is 0 Å². The van der Waals surface area contributed by atoms with Gasteiger partial charge in [-0.25, -0.2) is 4.98 Å². The van der Waals surface area contributed by atoms with E-state index in [0.29, 0.717) is 17.4 Å². The molecule has 0 aromatic carbocycles. The van der Waals surface area contributed by atoms with Gasteiger partial charge in [0, 0.05) is 31.4 Å². The number of nitrogens with zero attached hydrogens (tertiary/aromatic N) is 2. The van der Waals surface area contributed by atoms with Gasteiger partial charge < -0.3 is 10.2 Å². The molecule has 1 saturated heterocycles. The quantitative estimate of drug-likeness (QED) is 0.890. The van der Waals surface area contributed by atoms with E-state index in [1.54, 1.807) is 0 Å². The molecule has 1 aromatic heterocycles. The van der Waals surface area contributed by atoms with Crippen LogP contribution in [-0.2, 0) is 6.54 Å².